The molecule has 1 atom stereocenters. The molecule has 1 aromatic heterocycles. The van der Waals surface area contributed by atoms with E-state index in [1.165, 1.54) is 11.3 Å². The van der Waals surface area contributed by atoms with Gasteiger partial charge in [0.15, 0.2) is 5.13 Å². The molecule has 2 aromatic carbocycles. The van der Waals surface area contributed by atoms with Gasteiger partial charge in [0.2, 0.25) is 5.91 Å². The van der Waals surface area contributed by atoms with Gasteiger partial charge in [-0.05, 0) is 62.6 Å². The Morgan fingerprint density at radius 3 is 2.18 bits per heavy atom. The lowest BCUT2D eigenvalue weighted by molar-refractivity contribution is -0.120. The highest BCUT2D eigenvalue weighted by atomic mass is 32.1. The molecule has 3 amide bonds. The van der Waals surface area contributed by atoms with Crippen LogP contribution in [0, 0.1) is 5.92 Å². The smallest absolute Gasteiger partial charge is 0.262 e. The van der Waals surface area contributed by atoms with Crippen molar-refractivity contribution in [2.24, 2.45) is 5.92 Å². The second-order valence-corrected chi connectivity index (χ2v) is 9.75. The molecular formula is C26H27N3O4S. The summed E-state index contributed by atoms with van der Waals surface area (Å²) in [4.78, 5) is 44.8. The van der Waals surface area contributed by atoms with Crippen molar-refractivity contribution in [3.63, 3.8) is 0 Å². The van der Waals surface area contributed by atoms with Crippen molar-refractivity contribution >= 4 is 34.2 Å². The summed E-state index contributed by atoms with van der Waals surface area (Å²) in [6.07, 6.45) is 0.445. The third-order valence-corrected chi connectivity index (χ3v) is 6.15. The number of benzene rings is 2. The maximum absolute atomic E-state index is 13.3. The number of carbonyl (C=O) groups excluding carboxylic acids is 3. The molecule has 0 spiro atoms. The summed E-state index contributed by atoms with van der Waals surface area (Å²) >= 11 is 1.29. The van der Waals surface area contributed by atoms with E-state index in [0.29, 0.717) is 22.7 Å². The van der Waals surface area contributed by atoms with Gasteiger partial charge in [0.05, 0.1) is 22.9 Å². The molecule has 0 aliphatic carbocycles. The van der Waals surface area contributed by atoms with Crippen molar-refractivity contribution in [1.29, 1.82) is 0 Å². The number of imide groups is 1. The van der Waals surface area contributed by atoms with Crippen LogP contribution < -0.4 is 10.1 Å². The van der Waals surface area contributed by atoms with Gasteiger partial charge in [0, 0.05) is 10.9 Å². The van der Waals surface area contributed by atoms with Gasteiger partial charge in [-0.25, -0.2) is 4.98 Å². The highest BCUT2D eigenvalue weighted by Crippen LogP contribution is 2.30. The van der Waals surface area contributed by atoms with E-state index in [-0.39, 0.29) is 12.0 Å². The van der Waals surface area contributed by atoms with E-state index in [9.17, 15) is 14.4 Å². The third kappa shape index (κ3) is 4.87. The van der Waals surface area contributed by atoms with Crippen LogP contribution in [0.15, 0.2) is 53.9 Å². The molecule has 2 heterocycles. The first-order valence-electron chi connectivity index (χ1n) is 11.2. The Bertz CT molecular complexity index is 1180. The first-order chi connectivity index (χ1) is 16.2. The fourth-order valence-corrected chi connectivity index (χ4v) is 4.62. The van der Waals surface area contributed by atoms with Gasteiger partial charge in [-0.2, -0.15) is 0 Å². The number of fused-ring (bicyclic) bond motifs is 1. The maximum atomic E-state index is 13.3. The lowest BCUT2D eigenvalue weighted by Crippen LogP contribution is -2.47. The van der Waals surface area contributed by atoms with Gasteiger partial charge in [0.25, 0.3) is 11.8 Å². The normalized spacial score (nSPS) is 14.0. The number of ether oxygens (including phenoxy) is 1. The standard InChI is InChI=1S/C26H27N3O4S/c1-15(2)13-22(29-24(31)19-7-5-6-8-20(19)25(29)32)23(30)28-26-27-21(14-34-26)17-9-11-18(12-10-17)33-16(3)4/h5-12,14-16,22H,13H2,1-4H3,(H,27,28,30). The predicted molar refractivity (Wildman–Crippen MR) is 132 cm³/mol. The number of nitrogens with zero attached hydrogens (tertiary/aromatic N) is 2. The Labute approximate surface area is 202 Å². The van der Waals surface area contributed by atoms with E-state index in [1.54, 1.807) is 24.3 Å². The number of anilines is 1. The van der Waals surface area contributed by atoms with Crippen LogP contribution in [-0.4, -0.2) is 39.8 Å². The summed E-state index contributed by atoms with van der Waals surface area (Å²) < 4.78 is 5.68. The fourth-order valence-electron chi connectivity index (χ4n) is 3.90. The van der Waals surface area contributed by atoms with E-state index in [0.717, 1.165) is 21.9 Å². The zero-order valence-corrected chi connectivity index (χ0v) is 20.4. The maximum Gasteiger partial charge on any atom is 0.262 e. The van der Waals surface area contributed by atoms with E-state index in [2.05, 4.69) is 10.3 Å². The molecule has 1 aliphatic rings. The Hall–Kier alpha value is -3.52. The second kappa shape index (κ2) is 9.77. The molecule has 0 radical (unpaired) electrons. The number of carbonyl (C=O) groups is 3. The molecule has 0 bridgehead atoms. The van der Waals surface area contributed by atoms with Crippen molar-refractivity contribution < 1.29 is 19.1 Å². The molecular weight excluding hydrogens is 450 g/mol. The summed E-state index contributed by atoms with van der Waals surface area (Å²) in [6, 6.07) is 13.3. The minimum Gasteiger partial charge on any atom is -0.491 e. The number of aromatic nitrogens is 1. The van der Waals surface area contributed by atoms with Gasteiger partial charge in [-0.1, -0.05) is 26.0 Å². The molecule has 1 N–H and O–H groups in total. The first-order valence-corrected chi connectivity index (χ1v) is 12.1. The fraction of sp³-hybridized carbons (Fsp3) is 0.308. The Morgan fingerprint density at radius 2 is 1.62 bits per heavy atom. The van der Waals surface area contributed by atoms with Crippen molar-refractivity contribution in [2.75, 3.05) is 5.32 Å². The van der Waals surface area contributed by atoms with Crippen LogP contribution in [0.3, 0.4) is 0 Å². The molecule has 1 unspecified atom stereocenters. The van der Waals surface area contributed by atoms with Gasteiger partial charge in [0.1, 0.15) is 11.8 Å². The van der Waals surface area contributed by atoms with Gasteiger partial charge < -0.3 is 10.1 Å². The van der Waals surface area contributed by atoms with Gasteiger partial charge in [-0.3, -0.25) is 19.3 Å². The van der Waals surface area contributed by atoms with Crippen molar-refractivity contribution in [2.45, 2.75) is 46.3 Å². The number of hydrogen-bond acceptors (Lipinski definition) is 6. The summed E-state index contributed by atoms with van der Waals surface area (Å²) in [6.45, 7) is 7.84. The number of rotatable bonds is 8. The minimum atomic E-state index is -0.924. The van der Waals surface area contributed by atoms with Crippen molar-refractivity contribution in [3.8, 4) is 17.0 Å². The van der Waals surface area contributed by atoms with Crippen molar-refractivity contribution in [3.05, 3.63) is 65.0 Å². The van der Waals surface area contributed by atoms with Crippen LogP contribution in [0.25, 0.3) is 11.3 Å². The third-order valence-electron chi connectivity index (χ3n) is 5.39. The zero-order valence-electron chi connectivity index (χ0n) is 19.6. The van der Waals surface area contributed by atoms with Crippen LogP contribution in [0.4, 0.5) is 5.13 Å². The molecule has 176 valence electrons. The molecule has 1 aliphatic heterocycles. The second-order valence-electron chi connectivity index (χ2n) is 8.89. The first kappa shape index (κ1) is 23.6. The molecule has 8 heteroatoms. The van der Waals surface area contributed by atoms with Crippen LogP contribution in [0.1, 0.15) is 54.8 Å². The number of amides is 3. The Balaban J connectivity index is 1.52. The van der Waals surface area contributed by atoms with E-state index in [4.69, 9.17) is 4.74 Å². The molecule has 7 nitrogen and oxygen atoms in total. The van der Waals surface area contributed by atoms with Gasteiger partial charge >= 0.3 is 0 Å². The number of nitrogens with one attached hydrogen (secondary N) is 1. The summed E-state index contributed by atoms with van der Waals surface area (Å²) in [5.74, 6) is -0.432. The van der Waals surface area contributed by atoms with Crippen LogP contribution in [-0.2, 0) is 4.79 Å². The lowest BCUT2D eigenvalue weighted by Gasteiger charge is -2.26. The average molecular weight is 478 g/mol. The molecule has 3 aromatic rings. The summed E-state index contributed by atoms with van der Waals surface area (Å²) in [5.41, 5.74) is 2.27. The van der Waals surface area contributed by atoms with Crippen LogP contribution in [0.2, 0.25) is 0 Å². The molecule has 0 saturated heterocycles. The summed E-state index contributed by atoms with van der Waals surface area (Å²) in [7, 11) is 0. The van der Waals surface area contributed by atoms with Crippen LogP contribution >= 0.6 is 11.3 Å². The van der Waals surface area contributed by atoms with E-state index >= 15 is 0 Å². The molecule has 0 saturated carbocycles. The summed E-state index contributed by atoms with van der Waals surface area (Å²) in [5, 5.41) is 5.08. The van der Waals surface area contributed by atoms with Crippen molar-refractivity contribution in [1.82, 2.24) is 9.88 Å². The Morgan fingerprint density at radius 1 is 1.00 bits per heavy atom. The largest absolute Gasteiger partial charge is 0.491 e. The minimum absolute atomic E-state index is 0.0906. The lowest BCUT2D eigenvalue weighted by atomic mass is 10.0. The zero-order chi connectivity index (χ0) is 24.4. The quantitative estimate of drug-likeness (QED) is 0.448. The van der Waals surface area contributed by atoms with Gasteiger partial charge in [-0.15, -0.1) is 11.3 Å². The Kier molecular flexibility index (Phi) is 6.79. The molecule has 4 rings (SSSR count). The highest BCUT2D eigenvalue weighted by molar-refractivity contribution is 7.14. The number of hydrogen-bond donors (Lipinski definition) is 1. The average Bonchev–Trinajstić information content (AvgIpc) is 3.35. The monoisotopic (exact) mass is 477 g/mol. The SMILES string of the molecule is CC(C)CC(C(=O)Nc1nc(-c2ccc(OC(C)C)cc2)cs1)N1C(=O)c2ccccc2C1=O. The molecule has 0 fully saturated rings. The van der Waals surface area contributed by atoms with E-state index in [1.807, 2.05) is 57.3 Å². The van der Waals surface area contributed by atoms with E-state index < -0.39 is 23.8 Å². The topological polar surface area (TPSA) is 88.6 Å². The predicted octanol–water partition coefficient (Wildman–Crippen LogP) is 5.25. The molecule has 34 heavy (non-hydrogen) atoms. The van der Waals surface area contributed by atoms with Crippen LogP contribution in [0.5, 0.6) is 5.75 Å². The number of thiazole rings is 1. The highest BCUT2D eigenvalue weighted by Gasteiger charge is 2.42.